The second kappa shape index (κ2) is 5.00. The maximum Gasteiger partial charge on any atom is 0.283 e. The summed E-state index contributed by atoms with van der Waals surface area (Å²) in [7, 11) is 0. The fraction of sp³-hybridized carbons (Fsp3) is 0.562. The normalized spacial score (nSPS) is 12.3. The number of nitro groups is 1. The van der Waals surface area contributed by atoms with Gasteiger partial charge in [-0.2, -0.15) is 0 Å². The molecule has 1 rings (SSSR count). The number of benzene rings is 1. The number of hydrogen-bond acceptors (Lipinski definition) is 3. The number of carbonyl (C=O) groups excluding carboxylic acids is 1. The summed E-state index contributed by atoms with van der Waals surface area (Å²) in [5.74, 6) is 0. The lowest BCUT2D eigenvalue weighted by Crippen LogP contribution is -2.21. The van der Waals surface area contributed by atoms with E-state index in [-0.39, 0.29) is 16.7 Å². The molecule has 0 aliphatic carbocycles. The number of nitrogens with zero attached hydrogens (tertiary/aromatic N) is 1. The third-order valence-corrected chi connectivity index (χ3v) is 3.52. The molecular formula is C16H23NO3. The number of hydrogen-bond donors (Lipinski definition) is 0. The van der Waals surface area contributed by atoms with Gasteiger partial charge >= 0.3 is 0 Å². The van der Waals surface area contributed by atoms with E-state index in [1.807, 2.05) is 47.6 Å². The van der Waals surface area contributed by atoms with Gasteiger partial charge in [0.05, 0.1) is 10.5 Å². The van der Waals surface area contributed by atoms with Crippen LogP contribution in [0.25, 0.3) is 0 Å². The molecule has 1 aromatic rings. The smallest absolute Gasteiger partial charge is 0.283 e. The number of nitro benzene ring substituents is 1. The molecule has 0 amide bonds. The highest BCUT2D eigenvalue weighted by atomic mass is 16.6. The molecule has 0 heterocycles. The zero-order valence-corrected chi connectivity index (χ0v) is 13.3. The van der Waals surface area contributed by atoms with Crippen LogP contribution in [0.4, 0.5) is 5.69 Å². The van der Waals surface area contributed by atoms with Crippen LogP contribution in [0.3, 0.4) is 0 Å². The van der Waals surface area contributed by atoms with E-state index in [2.05, 4.69) is 0 Å². The minimum Gasteiger partial charge on any atom is -0.298 e. The fourth-order valence-corrected chi connectivity index (χ4v) is 2.48. The molecule has 110 valence electrons. The largest absolute Gasteiger partial charge is 0.298 e. The van der Waals surface area contributed by atoms with Crippen LogP contribution >= 0.6 is 0 Å². The number of carbonyl (C=O) groups is 1. The summed E-state index contributed by atoms with van der Waals surface area (Å²) < 4.78 is 0. The Morgan fingerprint density at radius 3 is 1.80 bits per heavy atom. The maximum absolute atomic E-state index is 11.4. The standard InChI is InChI=1S/C16H23NO3/c1-10-11(9-18)14(17(19)20)13(16(5,6)7)8-12(10)15(2,3)4/h8-9H,1-7H3. The Morgan fingerprint density at radius 1 is 1.05 bits per heavy atom. The van der Waals surface area contributed by atoms with Gasteiger partial charge in [-0.25, -0.2) is 0 Å². The lowest BCUT2D eigenvalue weighted by Gasteiger charge is -2.27. The van der Waals surface area contributed by atoms with Crippen LogP contribution in [-0.4, -0.2) is 11.2 Å². The van der Waals surface area contributed by atoms with Crippen molar-refractivity contribution in [2.45, 2.75) is 59.3 Å². The Labute approximate surface area is 120 Å². The molecular weight excluding hydrogens is 254 g/mol. The van der Waals surface area contributed by atoms with Crippen molar-refractivity contribution in [2.24, 2.45) is 0 Å². The van der Waals surface area contributed by atoms with Gasteiger partial charge in [0.15, 0.2) is 6.29 Å². The third-order valence-electron chi connectivity index (χ3n) is 3.52. The average molecular weight is 277 g/mol. The molecule has 0 unspecified atom stereocenters. The molecule has 0 bridgehead atoms. The van der Waals surface area contributed by atoms with Crippen LogP contribution in [-0.2, 0) is 10.8 Å². The van der Waals surface area contributed by atoms with Gasteiger partial charge in [-0.05, 0) is 34.9 Å². The van der Waals surface area contributed by atoms with Crippen molar-refractivity contribution in [3.63, 3.8) is 0 Å². The van der Waals surface area contributed by atoms with Gasteiger partial charge in [-0.3, -0.25) is 14.9 Å². The lowest BCUT2D eigenvalue weighted by molar-refractivity contribution is -0.386. The predicted octanol–water partition coefficient (Wildman–Crippen LogP) is 4.31. The molecule has 0 radical (unpaired) electrons. The van der Waals surface area contributed by atoms with Crippen LogP contribution in [0.15, 0.2) is 6.07 Å². The van der Waals surface area contributed by atoms with Crippen molar-refractivity contribution in [1.29, 1.82) is 0 Å². The molecule has 0 N–H and O–H groups in total. The highest BCUT2D eigenvalue weighted by Gasteiger charge is 2.33. The van der Waals surface area contributed by atoms with Gasteiger partial charge in [0, 0.05) is 5.56 Å². The average Bonchev–Trinajstić information content (AvgIpc) is 2.24. The van der Waals surface area contributed by atoms with Crippen LogP contribution in [0, 0.1) is 17.0 Å². The molecule has 4 heteroatoms. The Kier molecular flexibility index (Phi) is 4.09. The molecule has 0 spiro atoms. The highest BCUT2D eigenvalue weighted by molar-refractivity contribution is 5.86. The summed E-state index contributed by atoms with van der Waals surface area (Å²) in [5.41, 5.74) is 1.87. The Morgan fingerprint density at radius 2 is 1.50 bits per heavy atom. The van der Waals surface area contributed by atoms with Crippen molar-refractivity contribution in [1.82, 2.24) is 0 Å². The molecule has 0 saturated heterocycles. The van der Waals surface area contributed by atoms with E-state index in [0.29, 0.717) is 17.4 Å². The highest BCUT2D eigenvalue weighted by Crippen LogP contribution is 2.39. The van der Waals surface area contributed by atoms with Gasteiger partial charge in [0.1, 0.15) is 0 Å². The predicted molar refractivity (Wildman–Crippen MR) is 80.6 cm³/mol. The Hall–Kier alpha value is -1.71. The van der Waals surface area contributed by atoms with E-state index in [9.17, 15) is 14.9 Å². The van der Waals surface area contributed by atoms with Crippen molar-refractivity contribution >= 4 is 12.0 Å². The molecule has 0 atom stereocenters. The van der Waals surface area contributed by atoms with Gasteiger partial charge in [0.25, 0.3) is 5.69 Å². The molecule has 0 aliphatic rings. The van der Waals surface area contributed by atoms with Gasteiger partial charge in [-0.1, -0.05) is 41.5 Å². The first-order valence-electron chi connectivity index (χ1n) is 6.69. The first-order chi connectivity index (χ1) is 8.91. The summed E-state index contributed by atoms with van der Waals surface area (Å²) in [4.78, 5) is 22.4. The van der Waals surface area contributed by atoms with Crippen LogP contribution in [0.1, 0.15) is 68.6 Å². The van der Waals surface area contributed by atoms with Crippen molar-refractivity contribution in [2.75, 3.05) is 0 Å². The molecule has 0 saturated carbocycles. The second-order valence-corrected chi connectivity index (χ2v) is 7.23. The molecule has 0 aliphatic heterocycles. The van der Waals surface area contributed by atoms with Crippen molar-refractivity contribution < 1.29 is 9.72 Å². The van der Waals surface area contributed by atoms with Crippen molar-refractivity contribution in [3.8, 4) is 0 Å². The molecule has 1 aromatic carbocycles. The van der Waals surface area contributed by atoms with E-state index >= 15 is 0 Å². The van der Waals surface area contributed by atoms with E-state index in [1.54, 1.807) is 6.92 Å². The SMILES string of the molecule is Cc1c(C(C)(C)C)cc(C(C)(C)C)c([N+](=O)[O-])c1C=O. The first kappa shape index (κ1) is 16.3. The van der Waals surface area contributed by atoms with Crippen LogP contribution in [0.5, 0.6) is 0 Å². The van der Waals surface area contributed by atoms with Crippen LogP contribution in [0.2, 0.25) is 0 Å². The molecule has 0 aromatic heterocycles. The van der Waals surface area contributed by atoms with E-state index < -0.39 is 10.3 Å². The van der Waals surface area contributed by atoms with E-state index in [1.165, 1.54) is 0 Å². The minimum atomic E-state index is -0.441. The van der Waals surface area contributed by atoms with E-state index in [0.717, 1.165) is 5.56 Å². The topological polar surface area (TPSA) is 60.2 Å². The summed E-state index contributed by atoms with van der Waals surface area (Å²) in [5, 5.41) is 11.4. The van der Waals surface area contributed by atoms with Gasteiger partial charge < -0.3 is 0 Å². The van der Waals surface area contributed by atoms with Gasteiger partial charge in [0.2, 0.25) is 0 Å². The summed E-state index contributed by atoms with van der Waals surface area (Å²) in [6.45, 7) is 13.7. The Balaban J connectivity index is 3.92. The first-order valence-corrected chi connectivity index (χ1v) is 6.69. The fourth-order valence-electron chi connectivity index (χ4n) is 2.48. The third kappa shape index (κ3) is 2.89. The summed E-state index contributed by atoms with van der Waals surface area (Å²) >= 11 is 0. The van der Waals surface area contributed by atoms with Gasteiger partial charge in [-0.15, -0.1) is 0 Å². The number of rotatable bonds is 2. The Bertz CT molecular complexity index is 561. The monoisotopic (exact) mass is 277 g/mol. The summed E-state index contributed by atoms with van der Waals surface area (Å²) in [6, 6.07) is 1.89. The quantitative estimate of drug-likeness (QED) is 0.459. The molecule has 4 nitrogen and oxygen atoms in total. The molecule has 20 heavy (non-hydrogen) atoms. The van der Waals surface area contributed by atoms with Crippen molar-refractivity contribution in [3.05, 3.63) is 38.4 Å². The zero-order valence-electron chi connectivity index (χ0n) is 13.3. The second-order valence-electron chi connectivity index (χ2n) is 7.23. The van der Waals surface area contributed by atoms with E-state index in [4.69, 9.17) is 0 Å². The van der Waals surface area contributed by atoms with Crippen LogP contribution < -0.4 is 0 Å². The maximum atomic E-state index is 11.4. The minimum absolute atomic E-state index is 0.0574. The number of aldehydes is 1. The summed E-state index contributed by atoms with van der Waals surface area (Å²) in [6.07, 6.45) is 0.609. The zero-order chi connectivity index (χ0) is 15.9. The molecule has 0 fully saturated rings. The lowest BCUT2D eigenvalue weighted by atomic mass is 9.76.